The van der Waals surface area contributed by atoms with Crippen LogP contribution in [0.3, 0.4) is 0 Å². The van der Waals surface area contributed by atoms with Crippen LogP contribution in [0.4, 0.5) is 0 Å². The highest BCUT2D eigenvalue weighted by molar-refractivity contribution is 7.07. The van der Waals surface area contributed by atoms with Crippen LogP contribution in [0.15, 0.2) is 16.8 Å². The van der Waals surface area contributed by atoms with E-state index in [0.717, 1.165) is 26.1 Å². The Kier molecular flexibility index (Phi) is 2.44. The largest absolute Gasteiger partial charge is 0.392 e. The highest BCUT2D eigenvalue weighted by atomic mass is 32.1. The number of β-amino-alcohol motifs (C(OH)–C–C–N with tert-alkyl or cyclic N) is 1. The van der Waals surface area contributed by atoms with Crippen LogP contribution in [0.2, 0.25) is 0 Å². The van der Waals surface area contributed by atoms with Crippen LogP contribution in [0.5, 0.6) is 0 Å². The maximum absolute atomic E-state index is 9.29. The molecule has 1 fully saturated rings. The molecule has 1 aromatic heterocycles. The van der Waals surface area contributed by atoms with Crippen molar-refractivity contribution in [3.63, 3.8) is 0 Å². The maximum atomic E-state index is 9.29. The molecule has 2 heterocycles. The van der Waals surface area contributed by atoms with Crippen molar-refractivity contribution in [2.45, 2.75) is 19.1 Å². The molecule has 1 N–H and O–H groups in total. The van der Waals surface area contributed by atoms with E-state index in [2.05, 4.69) is 21.7 Å². The molecular weight excluding hydrogens is 170 g/mol. The standard InChI is InChI=1S/C9H13NOS/c11-9-1-3-10(6-9)5-8-2-4-12-7-8/h2,4,7,9,11H,1,3,5-6H2. The van der Waals surface area contributed by atoms with Gasteiger partial charge in [0, 0.05) is 19.6 Å². The van der Waals surface area contributed by atoms with E-state index in [-0.39, 0.29) is 6.10 Å². The van der Waals surface area contributed by atoms with E-state index in [1.54, 1.807) is 11.3 Å². The van der Waals surface area contributed by atoms with E-state index in [1.807, 2.05) is 0 Å². The number of nitrogens with zero attached hydrogens (tertiary/aromatic N) is 1. The Morgan fingerprint density at radius 3 is 3.17 bits per heavy atom. The normalized spacial score (nSPS) is 24.9. The maximum Gasteiger partial charge on any atom is 0.0679 e. The fraction of sp³-hybridized carbons (Fsp3) is 0.556. The smallest absolute Gasteiger partial charge is 0.0679 e. The second-order valence-corrected chi connectivity index (χ2v) is 4.09. The summed E-state index contributed by atoms with van der Waals surface area (Å²) >= 11 is 1.73. The highest BCUT2D eigenvalue weighted by Crippen LogP contribution is 2.14. The molecule has 0 saturated carbocycles. The Morgan fingerprint density at radius 1 is 1.67 bits per heavy atom. The molecule has 1 aliphatic rings. The van der Waals surface area contributed by atoms with Gasteiger partial charge in [0.25, 0.3) is 0 Å². The van der Waals surface area contributed by atoms with Crippen LogP contribution in [-0.4, -0.2) is 29.2 Å². The third-order valence-corrected chi connectivity index (χ3v) is 2.97. The lowest BCUT2D eigenvalue weighted by atomic mass is 10.3. The van der Waals surface area contributed by atoms with Crippen molar-refractivity contribution in [2.75, 3.05) is 13.1 Å². The molecule has 0 aromatic carbocycles. The van der Waals surface area contributed by atoms with Gasteiger partial charge in [0.2, 0.25) is 0 Å². The van der Waals surface area contributed by atoms with E-state index in [0.29, 0.717) is 0 Å². The van der Waals surface area contributed by atoms with Gasteiger partial charge in [-0.05, 0) is 28.8 Å². The molecule has 12 heavy (non-hydrogen) atoms. The lowest BCUT2D eigenvalue weighted by molar-refractivity contribution is 0.175. The summed E-state index contributed by atoms with van der Waals surface area (Å²) in [6, 6.07) is 2.15. The van der Waals surface area contributed by atoms with E-state index in [9.17, 15) is 5.11 Å². The van der Waals surface area contributed by atoms with Crippen LogP contribution >= 0.6 is 11.3 Å². The molecule has 0 spiro atoms. The monoisotopic (exact) mass is 183 g/mol. The van der Waals surface area contributed by atoms with Gasteiger partial charge in [-0.25, -0.2) is 0 Å². The van der Waals surface area contributed by atoms with Crippen LogP contribution in [0.1, 0.15) is 12.0 Å². The Labute approximate surface area is 76.4 Å². The second kappa shape index (κ2) is 3.56. The molecule has 3 heteroatoms. The molecule has 0 bridgehead atoms. The minimum absolute atomic E-state index is 0.0939. The number of hydrogen-bond acceptors (Lipinski definition) is 3. The lowest BCUT2D eigenvalue weighted by Crippen LogP contribution is -2.21. The predicted octanol–water partition coefficient (Wildman–Crippen LogP) is 1.31. The first-order valence-electron chi connectivity index (χ1n) is 4.26. The van der Waals surface area contributed by atoms with Crippen LogP contribution in [0, 0.1) is 0 Å². The summed E-state index contributed by atoms with van der Waals surface area (Å²) in [5.74, 6) is 0. The van der Waals surface area contributed by atoms with E-state index >= 15 is 0 Å². The zero-order valence-corrected chi connectivity index (χ0v) is 7.76. The molecule has 2 rings (SSSR count). The van der Waals surface area contributed by atoms with Gasteiger partial charge in [-0.15, -0.1) is 0 Å². The molecule has 1 aromatic rings. The third-order valence-electron chi connectivity index (χ3n) is 2.23. The number of aliphatic hydroxyl groups is 1. The number of likely N-dealkylation sites (tertiary alicyclic amines) is 1. The summed E-state index contributed by atoms with van der Waals surface area (Å²) in [5, 5.41) is 13.6. The number of aliphatic hydroxyl groups excluding tert-OH is 1. The van der Waals surface area contributed by atoms with Gasteiger partial charge in [-0.2, -0.15) is 11.3 Å². The van der Waals surface area contributed by atoms with Crippen molar-refractivity contribution < 1.29 is 5.11 Å². The molecule has 0 amide bonds. The van der Waals surface area contributed by atoms with Crippen LogP contribution < -0.4 is 0 Å². The Hall–Kier alpha value is -0.380. The molecule has 0 radical (unpaired) electrons. The molecule has 1 atom stereocenters. The fourth-order valence-corrected chi connectivity index (χ4v) is 2.26. The van der Waals surface area contributed by atoms with Crippen LogP contribution in [-0.2, 0) is 6.54 Å². The molecule has 66 valence electrons. The van der Waals surface area contributed by atoms with Gasteiger partial charge in [-0.3, -0.25) is 4.90 Å². The van der Waals surface area contributed by atoms with Crippen molar-refractivity contribution in [1.29, 1.82) is 0 Å². The van der Waals surface area contributed by atoms with Crippen molar-refractivity contribution in [2.24, 2.45) is 0 Å². The summed E-state index contributed by atoms with van der Waals surface area (Å²) in [6.07, 6.45) is 0.841. The van der Waals surface area contributed by atoms with Crippen molar-refractivity contribution in [1.82, 2.24) is 4.90 Å². The van der Waals surface area contributed by atoms with Crippen molar-refractivity contribution >= 4 is 11.3 Å². The summed E-state index contributed by atoms with van der Waals surface area (Å²) in [4.78, 5) is 2.30. The Morgan fingerprint density at radius 2 is 2.58 bits per heavy atom. The highest BCUT2D eigenvalue weighted by Gasteiger charge is 2.19. The van der Waals surface area contributed by atoms with Gasteiger partial charge in [-0.1, -0.05) is 0 Å². The van der Waals surface area contributed by atoms with E-state index in [1.165, 1.54) is 5.56 Å². The van der Waals surface area contributed by atoms with Crippen molar-refractivity contribution in [3.05, 3.63) is 22.4 Å². The van der Waals surface area contributed by atoms with Gasteiger partial charge in [0.1, 0.15) is 0 Å². The molecular formula is C9H13NOS. The summed E-state index contributed by atoms with van der Waals surface area (Å²) in [6.45, 7) is 2.88. The summed E-state index contributed by atoms with van der Waals surface area (Å²) in [7, 11) is 0. The van der Waals surface area contributed by atoms with E-state index < -0.39 is 0 Å². The molecule has 1 unspecified atom stereocenters. The molecule has 1 aliphatic heterocycles. The van der Waals surface area contributed by atoms with Gasteiger partial charge >= 0.3 is 0 Å². The molecule has 0 aliphatic carbocycles. The average Bonchev–Trinajstić information content (AvgIpc) is 2.63. The number of rotatable bonds is 2. The zero-order valence-electron chi connectivity index (χ0n) is 6.94. The fourth-order valence-electron chi connectivity index (χ4n) is 1.60. The summed E-state index contributed by atoms with van der Waals surface area (Å²) in [5.41, 5.74) is 1.37. The van der Waals surface area contributed by atoms with Gasteiger partial charge in [0.15, 0.2) is 0 Å². The van der Waals surface area contributed by atoms with Crippen molar-refractivity contribution in [3.8, 4) is 0 Å². The summed E-state index contributed by atoms with van der Waals surface area (Å²) < 4.78 is 0. The topological polar surface area (TPSA) is 23.5 Å². The molecule has 2 nitrogen and oxygen atoms in total. The first kappa shape index (κ1) is 8.23. The number of hydrogen-bond donors (Lipinski definition) is 1. The van der Waals surface area contributed by atoms with Crippen LogP contribution in [0.25, 0.3) is 0 Å². The Balaban J connectivity index is 1.88. The van der Waals surface area contributed by atoms with Gasteiger partial charge < -0.3 is 5.11 Å². The zero-order chi connectivity index (χ0) is 8.39. The van der Waals surface area contributed by atoms with Gasteiger partial charge in [0.05, 0.1) is 6.10 Å². The predicted molar refractivity (Wildman–Crippen MR) is 50.2 cm³/mol. The number of thiophene rings is 1. The second-order valence-electron chi connectivity index (χ2n) is 3.31. The SMILES string of the molecule is OC1CCN(Cc2ccsc2)C1. The first-order valence-corrected chi connectivity index (χ1v) is 5.20. The minimum atomic E-state index is -0.0939. The Bertz CT molecular complexity index is 235. The minimum Gasteiger partial charge on any atom is -0.392 e. The molecule has 1 saturated heterocycles. The third kappa shape index (κ3) is 1.86. The average molecular weight is 183 g/mol. The van der Waals surface area contributed by atoms with E-state index in [4.69, 9.17) is 0 Å². The lowest BCUT2D eigenvalue weighted by Gasteiger charge is -2.12. The first-order chi connectivity index (χ1) is 5.84. The quantitative estimate of drug-likeness (QED) is 0.747.